The number of rotatable bonds is 54. The molecule has 0 aromatic heterocycles. The van der Waals surface area contributed by atoms with Gasteiger partial charge in [0.2, 0.25) is 0 Å². The van der Waals surface area contributed by atoms with Gasteiger partial charge in [0.25, 0.3) is 0 Å². The van der Waals surface area contributed by atoms with Gasteiger partial charge < -0.3 is 24.2 Å². The number of hydrogen-bond donors (Lipinski definition) is 2. The van der Waals surface area contributed by atoms with Gasteiger partial charge in [-0.25, -0.2) is 4.57 Å². The molecule has 0 aromatic rings. The third-order valence-electron chi connectivity index (χ3n) is 12.1. The van der Waals surface area contributed by atoms with E-state index < -0.39 is 57.8 Å². The van der Waals surface area contributed by atoms with E-state index in [-0.39, 0.29) is 25.9 Å². The standard InChI is InChI=1S/C64H107O11P/c1-4-7-10-13-16-19-22-25-28-30-33-35-38-41-44-47-50-53-62(66)71-57-61(75-64(68)55-52-49-46-43-40-37-34-31-29-26-23-20-17-14-11-8-5-2)59-73-76(69,70)72-58-60(56-65)74-63(67)54-51-48-45-42-39-36-32-27-24-21-18-15-12-9-6-3/h7,10,16-21,25-29,32-33,35,41,44,60-61,65H,4-6,8-9,11-15,22-24,30-31,34,36-40,42-43,45-59H2,1-3H3,(H,69,70)/b10-7-,19-16-,20-17-,21-18-,28-25-,29-26-,32-27-,35-33-,44-41-. The molecular weight excluding hydrogens is 976 g/mol. The van der Waals surface area contributed by atoms with Crippen molar-refractivity contribution in [1.82, 2.24) is 0 Å². The van der Waals surface area contributed by atoms with Crippen molar-refractivity contribution >= 4 is 25.7 Å². The van der Waals surface area contributed by atoms with Crippen molar-refractivity contribution in [1.29, 1.82) is 0 Å². The number of carbonyl (C=O) groups excluding carboxylic acids is 3. The lowest BCUT2D eigenvalue weighted by atomic mass is 10.1. The van der Waals surface area contributed by atoms with Gasteiger partial charge >= 0.3 is 25.7 Å². The largest absolute Gasteiger partial charge is 0.472 e. The molecule has 3 atom stereocenters. The number of phosphoric acid groups is 1. The van der Waals surface area contributed by atoms with Crippen molar-refractivity contribution in [3.05, 3.63) is 109 Å². The Morgan fingerprint density at radius 1 is 0.382 bits per heavy atom. The molecule has 0 saturated carbocycles. The topological polar surface area (TPSA) is 155 Å². The minimum Gasteiger partial charge on any atom is -0.462 e. The van der Waals surface area contributed by atoms with Gasteiger partial charge in [0.15, 0.2) is 6.10 Å². The Morgan fingerprint density at radius 3 is 1.09 bits per heavy atom. The van der Waals surface area contributed by atoms with E-state index in [0.29, 0.717) is 25.7 Å². The molecule has 0 heterocycles. The maximum absolute atomic E-state index is 12.9. The summed E-state index contributed by atoms with van der Waals surface area (Å²) < 4.78 is 39.5. The second-order valence-corrected chi connectivity index (χ2v) is 20.9. The highest BCUT2D eigenvalue weighted by Crippen LogP contribution is 2.43. The predicted molar refractivity (Wildman–Crippen MR) is 316 cm³/mol. The van der Waals surface area contributed by atoms with Crippen LogP contribution in [0.15, 0.2) is 109 Å². The molecule has 0 aliphatic carbocycles. The van der Waals surface area contributed by atoms with Gasteiger partial charge in [-0.3, -0.25) is 23.4 Å². The molecule has 0 amide bonds. The van der Waals surface area contributed by atoms with E-state index in [1.807, 2.05) is 6.08 Å². The van der Waals surface area contributed by atoms with Crippen LogP contribution in [0.4, 0.5) is 0 Å². The van der Waals surface area contributed by atoms with Crippen molar-refractivity contribution in [2.75, 3.05) is 26.4 Å². The first kappa shape index (κ1) is 72.1. The Bertz CT molecular complexity index is 1690. The maximum Gasteiger partial charge on any atom is 0.472 e. The highest BCUT2D eigenvalue weighted by atomic mass is 31.2. The van der Waals surface area contributed by atoms with Crippen LogP contribution in [0.25, 0.3) is 0 Å². The van der Waals surface area contributed by atoms with Gasteiger partial charge in [0.05, 0.1) is 19.8 Å². The summed E-state index contributed by atoms with van der Waals surface area (Å²) in [4.78, 5) is 48.6. The zero-order valence-electron chi connectivity index (χ0n) is 47.9. The van der Waals surface area contributed by atoms with Crippen LogP contribution in [0.2, 0.25) is 0 Å². The highest BCUT2D eigenvalue weighted by molar-refractivity contribution is 7.47. The summed E-state index contributed by atoms with van der Waals surface area (Å²) in [6.45, 7) is 4.39. The Hall–Kier alpha value is -3.86. The van der Waals surface area contributed by atoms with E-state index in [9.17, 15) is 28.9 Å². The SMILES string of the molecule is CC/C=C\C/C=C\C/C=C\C/C=C\C/C=C\CCCC(=O)OCC(COP(=O)(O)OCC(CO)OC(=O)CCCCCCC/C=C\C/C=C\CCCCC)OC(=O)CCCCCCCCC/C=C\C/C=C\CCCCC. The normalized spacial score (nSPS) is 14.1. The third-order valence-corrected chi connectivity index (χ3v) is 13.1. The molecule has 3 unspecified atom stereocenters. The van der Waals surface area contributed by atoms with Crippen molar-refractivity contribution in [3.8, 4) is 0 Å². The van der Waals surface area contributed by atoms with Crippen LogP contribution >= 0.6 is 7.82 Å². The minimum absolute atomic E-state index is 0.140. The molecule has 12 heteroatoms. The lowest BCUT2D eigenvalue weighted by molar-refractivity contribution is -0.161. The number of unbranched alkanes of at least 4 members (excludes halogenated alkanes) is 19. The molecule has 11 nitrogen and oxygen atoms in total. The first-order valence-corrected chi connectivity index (χ1v) is 31.3. The van der Waals surface area contributed by atoms with Gasteiger partial charge in [-0.1, -0.05) is 207 Å². The van der Waals surface area contributed by atoms with Gasteiger partial charge in [0, 0.05) is 19.3 Å². The third kappa shape index (κ3) is 54.9. The number of aliphatic hydroxyl groups excluding tert-OH is 1. The summed E-state index contributed by atoms with van der Waals surface area (Å²) >= 11 is 0. The Balaban J connectivity index is 4.84. The molecule has 0 spiro atoms. The van der Waals surface area contributed by atoms with E-state index in [1.54, 1.807) is 0 Å². The zero-order valence-corrected chi connectivity index (χ0v) is 48.8. The van der Waals surface area contributed by atoms with Crippen LogP contribution < -0.4 is 0 Å². The lowest BCUT2D eigenvalue weighted by Crippen LogP contribution is -2.30. The van der Waals surface area contributed by atoms with Crippen molar-refractivity contribution in [3.63, 3.8) is 0 Å². The predicted octanol–water partition coefficient (Wildman–Crippen LogP) is 17.8. The first-order chi connectivity index (χ1) is 37.2. The minimum atomic E-state index is -4.77. The summed E-state index contributed by atoms with van der Waals surface area (Å²) in [5, 5.41) is 9.82. The van der Waals surface area contributed by atoms with Gasteiger partial charge in [-0.05, 0) is 122 Å². The molecule has 0 rings (SSSR count). The summed E-state index contributed by atoms with van der Waals surface area (Å²) in [6.07, 6.45) is 69.0. The molecule has 0 aromatic carbocycles. The summed E-state index contributed by atoms with van der Waals surface area (Å²) in [5.74, 6) is -1.56. The monoisotopic (exact) mass is 1080 g/mol. The molecule has 0 aliphatic heterocycles. The summed E-state index contributed by atoms with van der Waals surface area (Å²) in [5.41, 5.74) is 0. The number of hydrogen-bond acceptors (Lipinski definition) is 10. The smallest absolute Gasteiger partial charge is 0.462 e. The summed E-state index contributed by atoms with van der Waals surface area (Å²) in [7, 11) is -4.77. The fraction of sp³-hybridized carbons (Fsp3) is 0.672. The van der Waals surface area contributed by atoms with Gasteiger partial charge in [-0.15, -0.1) is 0 Å². The molecular formula is C64H107O11P. The average Bonchev–Trinajstić information content (AvgIpc) is 3.41. The van der Waals surface area contributed by atoms with Crippen LogP contribution in [-0.4, -0.2) is 66.5 Å². The zero-order chi connectivity index (χ0) is 55.5. The van der Waals surface area contributed by atoms with E-state index >= 15 is 0 Å². The molecule has 0 aliphatic rings. The molecule has 0 bridgehead atoms. The first-order valence-electron chi connectivity index (χ1n) is 29.8. The van der Waals surface area contributed by atoms with Crippen molar-refractivity contribution < 1.29 is 52.2 Å². The quantitative estimate of drug-likeness (QED) is 0.0197. The lowest BCUT2D eigenvalue weighted by Gasteiger charge is -2.21. The fourth-order valence-corrected chi connectivity index (χ4v) is 8.41. The van der Waals surface area contributed by atoms with Crippen LogP contribution in [0, 0.1) is 0 Å². The summed E-state index contributed by atoms with van der Waals surface area (Å²) in [6, 6.07) is 0. The second-order valence-electron chi connectivity index (χ2n) is 19.4. The van der Waals surface area contributed by atoms with Gasteiger partial charge in [-0.2, -0.15) is 0 Å². The average molecular weight is 1080 g/mol. The Kier molecular flexibility index (Phi) is 54.4. The number of aliphatic hydroxyl groups is 1. The van der Waals surface area contributed by atoms with Gasteiger partial charge in [0.1, 0.15) is 12.7 Å². The number of esters is 3. The molecule has 0 radical (unpaired) electrons. The van der Waals surface area contributed by atoms with Crippen LogP contribution in [-0.2, 0) is 42.2 Å². The Labute approximate surface area is 463 Å². The van der Waals surface area contributed by atoms with Crippen LogP contribution in [0.5, 0.6) is 0 Å². The fourth-order valence-electron chi connectivity index (χ4n) is 7.63. The van der Waals surface area contributed by atoms with E-state index in [1.165, 1.54) is 57.8 Å². The number of allylic oxidation sites excluding steroid dienone is 18. The number of phosphoric ester groups is 1. The maximum atomic E-state index is 12.9. The second kappa shape index (κ2) is 57.3. The number of ether oxygens (including phenoxy) is 3. The number of carbonyl (C=O) groups is 3. The molecule has 434 valence electrons. The van der Waals surface area contributed by atoms with Crippen LogP contribution in [0.3, 0.4) is 0 Å². The van der Waals surface area contributed by atoms with Crippen molar-refractivity contribution in [2.45, 2.75) is 251 Å². The molecule has 2 N–H and O–H groups in total. The van der Waals surface area contributed by atoms with Crippen LogP contribution in [0.1, 0.15) is 239 Å². The van der Waals surface area contributed by atoms with Crippen molar-refractivity contribution in [2.24, 2.45) is 0 Å². The molecule has 76 heavy (non-hydrogen) atoms. The highest BCUT2D eigenvalue weighted by Gasteiger charge is 2.28. The van der Waals surface area contributed by atoms with E-state index in [2.05, 4.69) is 124 Å². The molecule has 0 fully saturated rings. The van der Waals surface area contributed by atoms with E-state index in [4.69, 9.17) is 23.3 Å². The van der Waals surface area contributed by atoms with E-state index in [0.717, 1.165) is 116 Å². The molecule has 0 saturated heterocycles. The Morgan fingerprint density at radius 2 is 0.697 bits per heavy atom.